The Morgan fingerprint density at radius 1 is 1.58 bits per heavy atom. The summed E-state index contributed by atoms with van der Waals surface area (Å²) >= 11 is 0. The van der Waals surface area contributed by atoms with Crippen LogP contribution in [0.4, 0.5) is 0 Å². The maximum Gasteiger partial charge on any atom is 0.0250 e. The first-order valence-electron chi connectivity index (χ1n) is 3.83. The number of nitrogens with two attached hydrogens (primary N) is 2. The zero-order chi connectivity index (χ0) is 9.56. The first-order chi connectivity index (χ1) is 5.57. The van der Waals surface area contributed by atoms with Crippen LogP contribution in [0.1, 0.15) is 13.3 Å². The molecule has 0 amide bonds. The molecule has 0 aromatic carbocycles. The van der Waals surface area contributed by atoms with Gasteiger partial charge in [0.2, 0.25) is 0 Å². The lowest BCUT2D eigenvalue weighted by atomic mass is 10.0. The van der Waals surface area contributed by atoms with E-state index in [0.29, 0.717) is 5.70 Å². The van der Waals surface area contributed by atoms with E-state index in [2.05, 4.69) is 18.5 Å². The van der Waals surface area contributed by atoms with Crippen molar-refractivity contribution in [2.75, 3.05) is 0 Å². The molecular formula is C9H17N3. The summed E-state index contributed by atoms with van der Waals surface area (Å²) in [5, 5.41) is 2.80. The Morgan fingerprint density at radius 2 is 2.17 bits per heavy atom. The normalized spacial score (nSPS) is 13.6. The molecule has 0 aliphatic heterocycles. The molecule has 0 aromatic rings. The van der Waals surface area contributed by atoms with Gasteiger partial charge in [-0.3, -0.25) is 0 Å². The van der Waals surface area contributed by atoms with E-state index in [9.17, 15) is 0 Å². The fraction of sp³-hybridized carbons (Fsp3) is 0.333. The van der Waals surface area contributed by atoms with Gasteiger partial charge in [-0.25, -0.2) is 0 Å². The molecule has 12 heavy (non-hydrogen) atoms. The van der Waals surface area contributed by atoms with Gasteiger partial charge < -0.3 is 16.8 Å². The van der Waals surface area contributed by atoms with Crippen molar-refractivity contribution in [2.24, 2.45) is 17.4 Å². The zero-order valence-electron chi connectivity index (χ0n) is 7.51. The predicted molar refractivity (Wildman–Crippen MR) is 52.7 cm³/mol. The molecule has 5 N–H and O–H groups in total. The van der Waals surface area contributed by atoms with E-state index >= 15 is 0 Å². The second kappa shape index (κ2) is 5.29. The van der Waals surface area contributed by atoms with Gasteiger partial charge in [0.15, 0.2) is 0 Å². The van der Waals surface area contributed by atoms with E-state index < -0.39 is 0 Å². The molecule has 68 valence electrons. The minimum absolute atomic E-state index is 0.216. The summed E-state index contributed by atoms with van der Waals surface area (Å²) in [6.45, 7) is 9.12. The summed E-state index contributed by atoms with van der Waals surface area (Å²) in [7, 11) is 0. The quantitative estimate of drug-likeness (QED) is 0.572. The molecule has 0 rings (SSSR count). The van der Waals surface area contributed by atoms with Gasteiger partial charge in [-0.15, -0.1) is 0 Å². The van der Waals surface area contributed by atoms with Crippen LogP contribution in [0, 0.1) is 5.92 Å². The van der Waals surface area contributed by atoms with Gasteiger partial charge in [0.1, 0.15) is 0 Å². The van der Waals surface area contributed by atoms with Crippen LogP contribution in [-0.4, -0.2) is 0 Å². The Hall–Kier alpha value is -1.38. The van der Waals surface area contributed by atoms with E-state index in [1.807, 2.05) is 6.92 Å². The lowest BCUT2D eigenvalue weighted by Crippen LogP contribution is -2.12. The van der Waals surface area contributed by atoms with Crippen LogP contribution < -0.4 is 16.8 Å². The first-order valence-corrected chi connectivity index (χ1v) is 3.83. The maximum atomic E-state index is 5.65. The third-order valence-corrected chi connectivity index (χ3v) is 1.56. The number of rotatable bonds is 5. The summed E-state index contributed by atoms with van der Waals surface area (Å²) in [4.78, 5) is 0. The second-order valence-electron chi connectivity index (χ2n) is 2.77. The minimum atomic E-state index is 0.216. The fourth-order valence-corrected chi connectivity index (χ4v) is 0.710. The highest BCUT2D eigenvalue weighted by atomic mass is 14.8. The van der Waals surface area contributed by atoms with Crippen molar-refractivity contribution >= 4 is 0 Å². The lowest BCUT2D eigenvalue weighted by molar-refractivity contribution is 0.659. The Morgan fingerprint density at radius 3 is 2.58 bits per heavy atom. The van der Waals surface area contributed by atoms with Crippen molar-refractivity contribution in [3.63, 3.8) is 0 Å². The molecular weight excluding hydrogens is 150 g/mol. The molecule has 0 aromatic heterocycles. The van der Waals surface area contributed by atoms with Gasteiger partial charge in [0.05, 0.1) is 0 Å². The minimum Gasteiger partial charge on any atom is -0.402 e. The van der Waals surface area contributed by atoms with Gasteiger partial charge >= 0.3 is 0 Å². The highest BCUT2D eigenvalue weighted by Crippen LogP contribution is 2.10. The SMILES string of the molecule is C=CN/C=C(\N)C[C@H](C)C(=C)N. The van der Waals surface area contributed by atoms with Crippen LogP contribution >= 0.6 is 0 Å². The van der Waals surface area contributed by atoms with Gasteiger partial charge in [-0.2, -0.15) is 0 Å². The summed E-state index contributed by atoms with van der Waals surface area (Å²) in [6, 6.07) is 0. The van der Waals surface area contributed by atoms with Gasteiger partial charge in [-0.05, 0) is 12.6 Å². The van der Waals surface area contributed by atoms with Crippen molar-refractivity contribution in [2.45, 2.75) is 13.3 Å². The number of nitrogens with one attached hydrogen (secondary N) is 1. The summed E-state index contributed by atoms with van der Waals surface area (Å²) < 4.78 is 0. The van der Waals surface area contributed by atoms with Crippen molar-refractivity contribution < 1.29 is 0 Å². The Kier molecular flexibility index (Phi) is 4.69. The molecule has 0 fully saturated rings. The highest BCUT2D eigenvalue weighted by molar-refractivity contribution is 5.03. The summed E-state index contributed by atoms with van der Waals surface area (Å²) in [5.41, 5.74) is 12.5. The van der Waals surface area contributed by atoms with Crippen molar-refractivity contribution in [3.05, 3.63) is 37.0 Å². The van der Waals surface area contributed by atoms with Crippen LogP contribution in [0.2, 0.25) is 0 Å². The molecule has 0 aliphatic rings. The lowest BCUT2D eigenvalue weighted by Gasteiger charge is -2.10. The molecule has 3 nitrogen and oxygen atoms in total. The second-order valence-corrected chi connectivity index (χ2v) is 2.77. The topological polar surface area (TPSA) is 64.1 Å². The highest BCUT2D eigenvalue weighted by Gasteiger charge is 2.03. The van der Waals surface area contributed by atoms with E-state index in [1.165, 1.54) is 0 Å². The van der Waals surface area contributed by atoms with E-state index in [-0.39, 0.29) is 5.92 Å². The van der Waals surface area contributed by atoms with Gasteiger partial charge in [0, 0.05) is 23.5 Å². The molecule has 0 bridgehead atoms. The standard InChI is InChI=1S/C9H17N3/c1-4-12-6-9(11)5-7(2)8(3)10/h4,6-7,12H,1,3,5,10-11H2,2H3/b9-6-/t7-/m0/s1. The van der Waals surface area contributed by atoms with Crippen molar-refractivity contribution in [1.82, 2.24) is 5.32 Å². The molecule has 0 unspecified atom stereocenters. The average molecular weight is 167 g/mol. The number of hydrogen-bond acceptors (Lipinski definition) is 3. The average Bonchev–Trinajstić information content (AvgIpc) is 2.00. The van der Waals surface area contributed by atoms with Crippen LogP contribution in [0.25, 0.3) is 0 Å². The molecule has 0 spiro atoms. The first kappa shape index (κ1) is 10.6. The molecule has 0 saturated heterocycles. The van der Waals surface area contributed by atoms with E-state index in [0.717, 1.165) is 12.1 Å². The molecule has 0 aliphatic carbocycles. The van der Waals surface area contributed by atoms with Gasteiger partial charge in [-0.1, -0.05) is 20.1 Å². The van der Waals surface area contributed by atoms with Crippen LogP contribution in [0.3, 0.4) is 0 Å². The molecule has 0 saturated carbocycles. The monoisotopic (exact) mass is 167 g/mol. The largest absolute Gasteiger partial charge is 0.402 e. The summed E-state index contributed by atoms with van der Waals surface area (Å²) in [5.74, 6) is 0.216. The smallest absolute Gasteiger partial charge is 0.0250 e. The number of allylic oxidation sites excluding steroid dienone is 2. The third kappa shape index (κ3) is 4.44. The number of hydrogen-bond donors (Lipinski definition) is 3. The molecule has 3 heteroatoms. The molecule has 0 radical (unpaired) electrons. The Labute approximate surface area is 73.8 Å². The van der Waals surface area contributed by atoms with Crippen LogP contribution in [0.15, 0.2) is 37.0 Å². The van der Waals surface area contributed by atoms with E-state index in [1.54, 1.807) is 12.4 Å². The van der Waals surface area contributed by atoms with Crippen LogP contribution in [-0.2, 0) is 0 Å². The van der Waals surface area contributed by atoms with Crippen molar-refractivity contribution in [3.8, 4) is 0 Å². The Bertz CT molecular complexity index is 194. The third-order valence-electron chi connectivity index (χ3n) is 1.56. The van der Waals surface area contributed by atoms with Gasteiger partial charge in [0.25, 0.3) is 0 Å². The Balaban J connectivity index is 3.90. The predicted octanol–water partition coefficient (Wildman–Crippen LogP) is 1.02. The zero-order valence-corrected chi connectivity index (χ0v) is 7.51. The fourth-order valence-electron chi connectivity index (χ4n) is 0.710. The molecule has 1 atom stereocenters. The molecule has 0 heterocycles. The van der Waals surface area contributed by atoms with Crippen molar-refractivity contribution in [1.29, 1.82) is 0 Å². The van der Waals surface area contributed by atoms with Crippen LogP contribution in [0.5, 0.6) is 0 Å². The summed E-state index contributed by atoms with van der Waals surface area (Å²) in [6.07, 6.45) is 3.98. The maximum absolute atomic E-state index is 5.65. The van der Waals surface area contributed by atoms with E-state index in [4.69, 9.17) is 11.5 Å².